The Balaban J connectivity index is 0.000000190. The number of carbonyl (C=O) groups excluding carboxylic acids is 2. The molecule has 2 fully saturated rings. The molecule has 0 amide bonds. The number of Topliss-reactive ketones (excluding diaryl/α,β-unsaturated/α-hetero) is 2. The number of nitrogen functional groups attached to an aromatic ring is 1. The summed E-state index contributed by atoms with van der Waals surface area (Å²) in [5.74, 6) is -4.62. The van der Waals surface area contributed by atoms with Crippen LogP contribution in [0, 0.1) is 62.5 Å². The molecule has 6 aromatic heterocycles. The van der Waals surface area contributed by atoms with E-state index in [9.17, 15) is 54.2 Å². The van der Waals surface area contributed by atoms with Gasteiger partial charge >= 0.3 is 0 Å². The molecule has 19 nitrogen and oxygen atoms in total. The fourth-order valence-electron chi connectivity index (χ4n) is 15.0. The van der Waals surface area contributed by atoms with Gasteiger partial charge in [0.2, 0.25) is 0 Å². The molecule has 4 N–H and O–H groups in total. The zero-order valence-electron chi connectivity index (χ0n) is 59.0. The summed E-state index contributed by atoms with van der Waals surface area (Å²) in [6, 6.07) is 19.1. The van der Waals surface area contributed by atoms with Gasteiger partial charge in [-0.15, -0.1) is 0 Å². The van der Waals surface area contributed by atoms with Crippen LogP contribution >= 0.6 is 45.8 Å². The highest BCUT2D eigenvalue weighted by molar-refractivity contribution is 14.1. The molecule has 32 heteroatoms. The summed E-state index contributed by atoms with van der Waals surface area (Å²) >= 11 is 15.2. The molecule has 4 aromatic carbocycles. The number of alkyl halides is 4. The first-order chi connectivity index (χ1) is 50.4. The highest BCUT2D eigenvalue weighted by atomic mass is 127. The highest BCUT2D eigenvalue weighted by Crippen LogP contribution is 2.69. The van der Waals surface area contributed by atoms with Crippen LogP contribution in [-0.2, 0) is 92.6 Å². The molecule has 0 radical (unpaired) electrons. The molecule has 4 aliphatic rings. The third kappa shape index (κ3) is 16.0. The SMILES string of the molecule is Cn1nc(CS(C)(=O)=O)c2c(Cl)ccc(-c3ccc(C#CC(C)(C)O)nc3[C@@H](CC(=O)Cn3nc(I)c4c3C(F)(F)[C@@H]3C[C@H]43)Cc3cc(F)cc(F)c3)c21.Cn1nc(CS(C)(=O)=O)c2c(Cl)ccc(-c3ccc(C#CC(C)(C)O)nc3[C@@H](CC(=O)Cn3nc(N)c4c3C(F)(F)[C@@H]3C[C@H]43)Cc3cc(F)cc(F)c3)c21. The minimum atomic E-state index is -3.53. The Bertz CT molecular complexity index is 5420. The van der Waals surface area contributed by atoms with Crippen molar-refractivity contribution in [2.75, 3.05) is 18.2 Å². The Kier molecular flexibility index (Phi) is 20.4. The monoisotopic (exact) mass is 1680 g/mol. The summed E-state index contributed by atoms with van der Waals surface area (Å²) in [6.45, 7) is 4.96. The number of aryl methyl sites for hydroxylation is 2. The van der Waals surface area contributed by atoms with Crippen LogP contribution in [-0.4, -0.2) is 111 Å². The van der Waals surface area contributed by atoms with Gasteiger partial charge in [0.15, 0.2) is 31.2 Å². The molecule has 0 aliphatic heterocycles. The molecule has 0 bridgehead atoms. The van der Waals surface area contributed by atoms with Crippen molar-refractivity contribution in [1.82, 2.24) is 49.1 Å². The van der Waals surface area contributed by atoms with E-state index in [4.69, 9.17) is 38.9 Å². The third-order valence-electron chi connectivity index (χ3n) is 19.3. The van der Waals surface area contributed by atoms with Crippen LogP contribution in [0.2, 0.25) is 10.0 Å². The smallest absolute Gasteiger partial charge is 0.293 e. The predicted molar refractivity (Wildman–Crippen MR) is 397 cm³/mol. The lowest BCUT2D eigenvalue weighted by molar-refractivity contribution is -0.121. The molecule has 0 saturated heterocycles. The number of halogens is 11. The zero-order chi connectivity index (χ0) is 78.1. The van der Waals surface area contributed by atoms with Crippen molar-refractivity contribution in [3.8, 4) is 45.9 Å². The van der Waals surface area contributed by atoms with Crippen LogP contribution in [0.15, 0.2) is 84.9 Å². The summed E-state index contributed by atoms with van der Waals surface area (Å²) in [6.07, 6.45) is 1.96. The lowest BCUT2D eigenvalue weighted by Gasteiger charge is -2.22. The molecule has 6 atom stereocenters. The second-order valence-corrected chi connectivity index (χ2v) is 35.4. The lowest BCUT2D eigenvalue weighted by Crippen LogP contribution is -2.24. The van der Waals surface area contributed by atoms with E-state index in [0.717, 1.165) is 52.2 Å². The van der Waals surface area contributed by atoms with Crippen LogP contribution in [0.1, 0.15) is 145 Å². The van der Waals surface area contributed by atoms with E-state index in [1.807, 2.05) is 22.6 Å². The molecule has 10 aromatic rings. The fraction of sp³-hybridized carbons (Fsp3) is 0.368. The third-order valence-corrected chi connectivity index (χ3v) is 22.3. The number of benzene rings is 4. The number of hydrogen-bond acceptors (Lipinski definition) is 15. The van der Waals surface area contributed by atoms with E-state index in [0.29, 0.717) is 72.2 Å². The minimum Gasteiger partial charge on any atom is -0.382 e. The van der Waals surface area contributed by atoms with Gasteiger partial charge in [-0.3, -0.25) is 28.3 Å². The second kappa shape index (κ2) is 28.4. The maximum atomic E-state index is 15.4. The largest absolute Gasteiger partial charge is 0.382 e. The number of anilines is 1. The van der Waals surface area contributed by atoms with Gasteiger partial charge in [-0.2, -0.15) is 38.0 Å². The number of fused-ring (bicyclic) bond motifs is 8. The second-order valence-electron chi connectivity index (χ2n) is 29.3. The average Bonchev–Trinajstić information content (AvgIpc) is 1.53. The van der Waals surface area contributed by atoms with Gasteiger partial charge in [0.05, 0.1) is 55.4 Å². The lowest BCUT2D eigenvalue weighted by atomic mass is 9.86. The normalized spacial score (nSPS) is 17.9. The van der Waals surface area contributed by atoms with Crippen molar-refractivity contribution in [2.45, 2.75) is 138 Å². The number of nitrogens with two attached hydrogens (primary N) is 1. The zero-order valence-corrected chi connectivity index (χ0v) is 64.3. The number of pyridine rings is 2. The highest BCUT2D eigenvalue weighted by Gasteiger charge is 2.68. The number of hydrogen-bond donors (Lipinski definition) is 3. The van der Waals surface area contributed by atoms with E-state index < -0.39 is 126 Å². The molecule has 14 rings (SSSR count). The van der Waals surface area contributed by atoms with E-state index >= 15 is 17.6 Å². The Hall–Kier alpha value is -8.63. The number of aromatic nitrogens is 10. The first kappa shape index (κ1) is 77.5. The fourth-order valence-corrected chi connectivity index (χ4v) is 17.8. The molecule has 564 valence electrons. The predicted octanol–water partition coefficient (Wildman–Crippen LogP) is 13.4. The Morgan fingerprint density at radius 2 is 0.963 bits per heavy atom. The summed E-state index contributed by atoms with van der Waals surface area (Å²) in [7, 11) is -3.80. The summed E-state index contributed by atoms with van der Waals surface area (Å²) in [4.78, 5) is 37.7. The van der Waals surface area contributed by atoms with Crippen LogP contribution in [0.4, 0.5) is 40.9 Å². The number of rotatable bonds is 20. The van der Waals surface area contributed by atoms with Crippen molar-refractivity contribution in [3.05, 3.63) is 190 Å². The van der Waals surface area contributed by atoms with Gasteiger partial charge in [0, 0.05) is 119 Å². The molecule has 2 saturated carbocycles. The summed E-state index contributed by atoms with van der Waals surface area (Å²) < 4.78 is 174. The first-order valence-electron chi connectivity index (χ1n) is 33.9. The van der Waals surface area contributed by atoms with Crippen LogP contribution in [0.5, 0.6) is 0 Å². The molecule has 6 heterocycles. The molecule has 4 aliphatic carbocycles. The first-order valence-corrected chi connectivity index (χ1v) is 39.8. The van der Waals surface area contributed by atoms with E-state index in [1.165, 1.54) is 37.1 Å². The van der Waals surface area contributed by atoms with Gasteiger partial charge in [0.25, 0.3) is 11.8 Å². The molecule has 0 spiro atoms. The van der Waals surface area contributed by atoms with Crippen molar-refractivity contribution in [3.63, 3.8) is 0 Å². The molecule has 0 unspecified atom stereocenters. The van der Waals surface area contributed by atoms with E-state index in [1.54, 1.807) is 62.6 Å². The van der Waals surface area contributed by atoms with Crippen LogP contribution in [0.25, 0.3) is 44.1 Å². The summed E-state index contributed by atoms with van der Waals surface area (Å²) in [5, 5.41) is 39.3. The van der Waals surface area contributed by atoms with Crippen molar-refractivity contribution >= 4 is 105 Å². The van der Waals surface area contributed by atoms with Crippen LogP contribution < -0.4 is 5.73 Å². The molecular formula is C76H68Cl2F8IN11O8S2. The Labute approximate surface area is 638 Å². The van der Waals surface area contributed by atoms with Crippen molar-refractivity contribution in [1.29, 1.82) is 0 Å². The van der Waals surface area contributed by atoms with Gasteiger partial charge in [-0.05, 0) is 171 Å². The Morgan fingerprint density at radius 1 is 0.593 bits per heavy atom. The van der Waals surface area contributed by atoms with Crippen LogP contribution in [0.3, 0.4) is 0 Å². The minimum absolute atomic E-state index is 0.0468. The van der Waals surface area contributed by atoms with Crippen molar-refractivity contribution in [2.24, 2.45) is 25.9 Å². The quantitative estimate of drug-likeness (QED) is 0.0364. The van der Waals surface area contributed by atoms with Crippen molar-refractivity contribution < 1.29 is 71.8 Å². The standard InChI is InChI=1S/C38H33ClF4IN5O4S.C38H35ClF4N6O4S/c2*1-37(2,51)10-9-23-5-6-25(26-7-8-29(39)32-30(18-54(4,52)53)46-48(3)34(26)32)33(45-23)20(11-19-12-21(40)15-22(41)13-19)14-24(50)17-49-35-31(36(44)47-49)27-16-28(27)38(35,42)43/h5-8,12-13,15,20,27-28,51H,11,14,16-18H2,1-4H3;5-8,12-13,15,20,27-28,51H,11,14,16-18H2,1-4H3,(H2,44,47)/t2*20-,27+,28-/m11/s1. The molecule has 108 heavy (non-hydrogen) atoms. The van der Waals surface area contributed by atoms with E-state index in [-0.39, 0.29) is 115 Å². The summed E-state index contributed by atoms with van der Waals surface area (Å²) in [5.41, 5.74) is 7.99. The topological polar surface area (TPSA) is 266 Å². The number of carbonyl (C=O) groups is 2. The number of ketones is 2. The van der Waals surface area contributed by atoms with Gasteiger partial charge in [-0.25, -0.2) is 44.4 Å². The number of sulfone groups is 2. The van der Waals surface area contributed by atoms with Gasteiger partial charge in [0.1, 0.15) is 79.9 Å². The van der Waals surface area contributed by atoms with Gasteiger partial charge in [-0.1, -0.05) is 47.2 Å². The maximum absolute atomic E-state index is 15.4. The number of nitrogens with zero attached hydrogens (tertiary/aromatic N) is 10. The Morgan fingerprint density at radius 3 is 1.35 bits per heavy atom. The number of aliphatic hydroxyl groups is 2. The average molecular weight is 1680 g/mol. The molecular weight excluding hydrogens is 1610 g/mol. The maximum Gasteiger partial charge on any atom is 0.293 e. The van der Waals surface area contributed by atoms with E-state index in [2.05, 4.69) is 44.1 Å². The van der Waals surface area contributed by atoms with Gasteiger partial charge < -0.3 is 15.9 Å².